The van der Waals surface area contributed by atoms with Crippen LogP contribution in [0.4, 0.5) is 5.69 Å². The van der Waals surface area contributed by atoms with Crippen molar-refractivity contribution in [3.63, 3.8) is 0 Å². The molecule has 1 heterocycles. The van der Waals surface area contributed by atoms with E-state index in [9.17, 15) is 4.79 Å². The molecule has 2 aromatic rings. The summed E-state index contributed by atoms with van der Waals surface area (Å²) < 4.78 is 0.808. The number of carboxylic acid groups (broad SMARTS) is 1. The molecule has 0 bridgehead atoms. The van der Waals surface area contributed by atoms with E-state index in [4.69, 9.17) is 10.8 Å². The van der Waals surface area contributed by atoms with Crippen molar-refractivity contribution in [1.29, 1.82) is 0 Å². The van der Waals surface area contributed by atoms with Crippen LogP contribution in [0, 0.1) is 0 Å². The van der Waals surface area contributed by atoms with Gasteiger partial charge in [-0.3, -0.25) is 0 Å². The molecule has 2 rings (SSSR count). The molecule has 0 spiro atoms. The fraction of sp³-hybridized carbons (Fsp3) is 0. The number of benzene rings is 1. The third kappa shape index (κ3) is 1.26. The average Bonchev–Trinajstić information content (AvgIpc) is 2.47. The van der Waals surface area contributed by atoms with Crippen LogP contribution < -0.4 is 5.73 Å². The standard InChI is InChI=1S/C9H7BrN2O2/c10-7-3-12-8-5(7)1-4(11)2-6(8)9(13)14/h1-3,12H,11H2,(H,13,14). The van der Waals surface area contributed by atoms with Crippen molar-refractivity contribution in [2.45, 2.75) is 0 Å². The number of hydrogen-bond acceptors (Lipinski definition) is 2. The summed E-state index contributed by atoms with van der Waals surface area (Å²) in [6.07, 6.45) is 1.69. The Morgan fingerprint density at radius 1 is 1.50 bits per heavy atom. The van der Waals surface area contributed by atoms with E-state index >= 15 is 0 Å². The lowest BCUT2D eigenvalue weighted by Gasteiger charge is -2.00. The number of aromatic amines is 1. The molecular formula is C9H7BrN2O2. The lowest BCUT2D eigenvalue weighted by atomic mass is 10.1. The molecule has 0 atom stereocenters. The third-order valence-electron chi connectivity index (χ3n) is 1.99. The number of carbonyl (C=O) groups is 1. The van der Waals surface area contributed by atoms with Crippen molar-refractivity contribution in [2.24, 2.45) is 0 Å². The molecule has 14 heavy (non-hydrogen) atoms. The summed E-state index contributed by atoms with van der Waals surface area (Å²) in [4.78, 5) is 13.8. The maximum Gasteiger partial charge on any atom is 0.337 e. The Hall–Kier alpha value is -1.49. The first-order valence-corrected chi connectivity index (χ1v) is 4.68. The molecule has 0 unspecified atom stereocenters. The van der Waals surface area contributed by atoms with Gasteiger partial charge in [0.15, 0.2) is 0 Å². The van der Waals surface area contributed by atoms with E-state index in [2.05, 4.69) is 20.9 Å². The Morgan fingerprint density at radius 2 is 2.21 bits per heavy atom. The SMILES string of the molecule is Nc1cc(C(=O)O)c2[nH]cc(Br)c2c1. The molecule has 0 radical (unpaired) electrons. The zero-order valence-corrected chi connectivity index (χ0v) is 8.63. The van der Waals surface area contributed by atoms with Crippen LogP contribution in [0.2, 0.25) is 0 Å². The van der Waals surface area contributed by atoms with Crippen molar-refractivity contribution < 1.29 is 9.90 Å². The smallest absolute Gasteiger partial charge is 0.337 e. The van der Waals surface area contributed by atoms with E-state index in [0.717, 1.165) is 9.86 Å². The van der Waals surface area contributed by atoms with Crippen LogP contribution in [-0.4, -0.2) is 16.1 Å². The van der Waals surface area contributed by atoms with Gasteiger partial charge in [0.2, 0.25) is 0 Å². The topological polar surface area (TPSA) is 79.1 Å². The van der Waals surface area contributed by atoms with Crippen LogP contribution in [-0.2, 0) is 0 Å². The fourth-order valence-electron chi connectivity index (χ4n) is 1.39. The number of anilines is 1. The Labute approximate surface area is 87.9 Å². The molecular weight excluding hydrogens is 248 g/mol. The predicted octanol–water partition coefficient (Wildman–Crippen LogP) is 2.21. The number of hydrogen-bond donors (Lipinski definition) is 3. The number of aromatic carboxylic acids is 1. The molecule has 0 aliphatic rings. The van der Waals surface area contributed by atoms with E-state index in [1.165, 1.54) is 6.07 Å². The summed E-state index contributed by atoms with van der Waals surface area (Å²) in [5, 5.41) is 9.71. The first kappa shape index (κ1) is 9.08. The number of fused-ring (bicyclic) bond motifs is 1. The molecule has 72 valence electrons. The number of nitrogens with two attached hydrogens (primary N) is 1. The fourth-order valence-corrected chi connectivity index (χ4v) is 1.82. The molecule has 0 saturated carbocycles. The Kier molecular flexibility index (Phi) is 1.96. The third-order valence-corrected chi connectivity index (χ3v) is 2.65. The van der Waals surface area contributed by atoms with Crippen LogP contribution in [0.15, 0.2) is 22.8 Å². The second kappa shape index (κ2) is 3.02. The lowest BCUT2D eigenvalue weighted by molar-refractivity contribution is 0.0699. The van der Waals surface area contributed by atoms with E-state index in [-0.39, 0.29) is 5.56 Å². The highest BCUT2D eigenvalue weighted by Gasteiger charge is 2.12. The van der Waals surface area contributed by atoms with E-state index in [0.29, 0.717) is 11.2 Å². The molecule has 0 aliphatic carbocycles. The first-order valence-electron chi connectivity index (χ1n) is 3.89. The maximum atomic E-state index is 10.9. The minimum atomic E-state index is -0.989. The van der Waals surface area contributed by atoms with E-state index in [1.807, 2.05) is 0 Å². The van der Waals surface area contributed by atoms with Crippen LogP contribution in [0.3, 0.4) is 0 Å². The van der Waals surface area contributed by atoms with E-state index < -0.39 is 5.97 Å². The van der Waals surface area contributed by atoms with Crippen LogP contribution in [0.1, 0.15) is 10.4 Å². The van der Waals surface area contributed by atoms with Gasteiger partial charge in [-0.05, 0) is 28.1 Å². The zero-order valence-electron chi connectivity index (χ0n) is 7.04. The second-order valence-corrected chi connectivity index (χ2v) is 3.79. The second-order valence-electron chi connectivity index (χ2n) is 2.93. The van der Waals surface area contributed by atoms with Crippen molar-refractivity contribution in [3.05, 3.63) is 28.4 Å². The summed E-state index contributed by atoms with van der Waals surface area (Å²) >= 11 is 3.30. The molecule has 0 aliphatic heterocycles. The number of aromatic nitrogens is 1. The van der Waals surface area contributed by atoms with Gasteiger partial charge in [0.05, 0.1) is 11.1 Å². The maximum absolute atomic E-state index is 10.9. The number of nitrogens with one attached hydrogen (secondary N) is 1. The normalized spacial score (nSPS) is 10.6. The molecule has 4 N–H and O–H groups in total. The molecule has 0 saturated heterocycles. The van der Waals surface area contributed by atoms with Crippen molar-refractivity contribution in [3.8, 4) is 0 Å². The van der Waals surface area contributed by atoms with Crippen molar-refractivity contribution in [1.82, 2.24) is 4.98 Å². The van der Waals surface area contributed by atoms with Gasteiger partial charge in [0, 0.05) is 21.7 Å². The Balaban J connectivity index is 2.88. The van der Waals surface area contributed by atoms with Gasteiger partial charge in [-0.2, -0.15) is 0 Å². The van der Waals surface area contributed by atoms with Gasteiger partial charge in [-0.1, -0.05) is 0 Å². The largest absolute Gasteiger partial charge is 0.478 e. The van der Waals surface area contributed by atoms with Crippen LogP contribution >= 0.6 is 15.9 Å². The zero-order chi connectivity index (χ0) is 10.3. The van der Waals surface area contributed by atoms with Crippen molar-refractivity contribution in [2.75, 3.05) is 5.73 Å². The van der Waals surface area contributed by atoms with Gasteiger partial charge in [-0.15, -0.1) is 0 Å². The van der Waals surface area contributed by atoms with Crippen LogP contribution in [0.25, 0.3) is 10.9 Å². The average molecular weight is 255 g/mol. The molecule has 4 nitrogen and oxygen atoms in total. The number of halogens is 1. The molecule has 0 fully saturated rings. The predicted molar refractivity (Wildman–Crippen MR) is 57.4 cm³/mol. The van der Waals surface area contributed by atoms with Gasteiger partial charge >= 0.3 is 5.97 Å². The van der Waals surface area contributed by atoms with E-state index in [1.54, 1.807) is 12.3 Å². The minimum Gasteiger partial charge on any atom is -0.478 e. The molecule has 0 amide bonds. The Morgan fingerprint density at radius 3 is 2.86 bits per heavy atom. The summed E-state index contributed by atoms with van der Waals surface area (Å²) in [6, 6.07) is 3.16. The summed E-state index contributed by atoms with van der Waals surface area (Å²) in [6.45, 7) is 0. The van der Waals surface area contributed by atoms with Crippen LogP contribution in [0.5, 0.6) is 0 Å². The quantitative estimate of drug-likeness (QED) is 0.683. The van der Waals surface area contributed by atoms with Crippen molar-refractivity contribution >= 4 is 38.5 Å². The lowest BCUT2D eigenvalue weighted by Crippen LogP contribution is -1.99. The summed E-state index contributed by atoms with van der Waals surface area (Å²) in [7, 11) is 0. The summed E-state index contributed by atoms with van der Waals surface area (Å²) in [5.74, 6) is -0.989. The number of nitrogen functional groups attached to an aromatic ring is 1. The molecule has 1 aromatic heterocycles. The first-order chi connectivity index (χ1) is 6.59. The Bertz CT molecular complexity index is 519. The number of H-pyrrole nitrogens is 1. The van der Waals surface area contributed by atoms with Gasteiger partial charge in [0.25, 0.3) is 0 Å². The highest BCUT2D eigenvalue weighted by atomic mass is 79.9. The molecule has 5 heteroatoms. The number of carboxylic acids is 1. The van der Waals surface area contributed by atoms with Gasteiger partial charge in [0.1, 0.15) is 0 Å². The van der Waals surface area contributed by atoms with Gasteiger partial charge < -0.3 is 15.8 Å². The highest BCUT2D eigenvalue weighted by Crippen LogP contribution is 2.28. The number of rotatable bonds is 1. The monoisotopic (exact) mass is 254 g/mol. The summed E-state index contributed by atoms with van der Waals surface area (Å²) in [5.41, 5.74) is 6.80. The van der Waals surface area contributed by atoms with Gasteiger partial charge in [-0.25, -0.2) is 4.79 Å². The molecule has 1 aromatic carbocycles. The highest BCUT2D eigenvalue weighted by molar-refractivity contribution is 9.10. The minimum absolute atomic E-state index is 0.186.